The SMILES string of the molecule is CNCC(=O)N1CCC[C@@H](c2cc(N3CCCC3)nc(C)n2)C1. The molecule has 3 heterocycles. The van der Waals surface area contributed by atoms with Gasteiger partial charge in [-0.25, -0.2) is 9.97 Å². The number of aromatic nitrogens is 2. The summed E-state index contributed by atoms with van der Waals surface area (Å²) in [6.45, 7) is 6.20. The molecule has 23 heavy (non-hydrogen) atoms. The van der Waals surface area contributed by atoms with Crippen molar-refractivity contribution in [1.82, 2.24) is 20.2 Å². The van der Waals surface area contributed by atoms with Crippen LogP contribution in [-0.4, -0.2) is 60.5 Å². The molecule has 0 radical (unpaired) electrons. The summed E-state index contributed by atoms with van der Waals surface area (Å²) >= 11 is 0. The molecule has 1 aromatic heterocycles. The molecule has 2 aliphatic rings. The van der Waals surface area contributed by atoms with Crippen LogP contribution >= 0.6 is 0 Å². The van der Waals surface area contributed by atoms with Gasteiger partial charge in [-0.3, -0.25) is 4.79 Å². The maximum Gasteiger partial charge on any atom is 0.236 e. The zero-order valence-electron chi connectivity index (χ0n) is 14.2. The summed E-state index contributed by atoms with van der Waals surface area (Å²) in [5.41, 5.74) is 1.10. The van der Waals surface area contributed by atoms with E-state index in [-0.39, 0.29) is 5.91 Å². The number of carbonyl (C=O) groups is 1. The van der Waals surface area contributed by atoms with Crippen molar-refractivity contribution in [2.75, 3.05) is 44.7 Å². The lowest BCUT2D eigenvalue weighted by Gasteiger charge is -2.33. The molecule has 2 saturated heterocycles. The van der Waals surface area contributed by atoms with Gasteiger partial charge in [-0.15, -0.1) is 0 Å². The lowest BCUT2D eigenvalue weighted by atomic mass is 9.94. The summed E-state index contributed by atoms with van der Waals surface area (Å²) in [5.74, 6) is 2.40. The van der Waals surface area contributed by atoms with Crippen molar-refractivity contribution in [2.24, 2.45) is 0 Å². The first-order valence-electron chi connectivity index (χ1n) is 8.70. The van der Waals surface area contributed by atoms with Gasteiger partial charge in [-0.1, -0.05) is 0 Å². The van der Waals surface area contributed by atoms with E-state index < -0.39 is 0 Å². The van der Waals surface area contributed by atoms with Gasteiger partial charge in [-0.2, -0.15) is 0 Å². The van der Waals surface area contributed by atoms with E-state index in [0.29, 0.717) is 12.5 Å². The standard InChI is InChI=1S/C17H27N5O/c1-13-19-15(10-16(20-13)21-7-3-4-8-21)14-6-5-9-22(12-14)17(23)11-18-2/h10,14,18H,3-9,11-12H2,1-2H3/t14-/m1/s1. The van der Waals surface area contributed by atoms with E-state index in [2.05, 4.69) is 26.3 Å². The average molecular weight is 317 g/mol. The molecular weight excluding hydrogens is 290 g/mol. The Morgan fingerprint density at radius 1 is 1.26 bits per heavy atom. The average Bonchev–Trinajstić information content (AvgIpc) is 3.09. The number of hydrogen-bond donors (Lipinski definition) is 1. The fourth-order valence-electron chi connectivity index (χ4n) is 3.60. The largest absolute Gasteiger partial charge is 0.357 e. The molecule has 1 aromatic rings. The van der Waals surface area contributed by atoms with Crippen LogP contribution in [0.5, 0.6) is 0 Å². The minimum atomic E-state index is 0.183. The molecule has 0 aliphatic carbocycles. The van der Waals surface area contributed by atoms with E-state index in [9.17, 15) is 4.79 Å². The second kappa shape index (κ2) is 7.25. The number of nitrogens with zero attached hydrogens (tertiary/aromatic N) is 4. The van der Waals surface area contributed by atoms with E-state index in [1.807, 2.05) is 18.9 Å². The highest BCUT2D eigenvalue weighted by atomic mass is 16.2. The number of rotatable bonds is 4. The molecule has 0 saturated carbocycles. The molecule has 2 aliphatic heterocycles. The minimum Gasteiger partial charge on any atom is -0.357 e. The summed E-state index contributed by atoms with van der Waals surface area (Å²) in [6, 6.07) is 2.15. The fourth-order valence-corrected chi connectivity index (χ4v) is 3.60. The molecule has 1 amide bonds. The van der Waals surface area contributed by atoms with Gasteiger partial charge in [-0.05, 0) is 39.7 Å². The summed E-state index contributed by atoms with van der Waals surface area (Å²) in [4.78, 5) is 25.8. The predicted molar refractivity (Wildman–Crippen MR) is 90.7 cm³/mol. The molecule has 2 fully saturated rings. The van der Waals surface area contributed by atoms with E-state index in [0.717, 1.165) is 56.4 Å². The maximum atomic E-state index is 12.1. The molecule has 126 valence electrons. The van der Waals surface area contributed by atoms with Crippen molar-refractivity contribution in [1.29, 1.82) is 0 Å². The number of likely N-dealkylation sites (tertiary alicyclic amines) is 1. The van der Waals surface area contributed by atoms with Crippen molar-refractivity contribution < 1.29 is 4.79 Å². The van der Waals surface area contributed by atoms with Crippen LogP contribution in [0.4, 0.5) is 5.82 Å². The first-order chi connectivity index (χ1) is 11.2. The van der Waals surface area contributed by atoms with Crippen LogP contribution in [0.25, 0.3) is 0 Å². The minimum absolute atomic E-state index is 0.183. The smallest absolute Gasteiger partial charge is 0.236 e. The van der Waals surface area contributed by atoms with Gasteiger partial charge < -0.3 is 15.1 Å². The highest BCUT2D eigenvalue weighted by molar-refractivity contribution is 5.78. The third-order valence-corrected chi connectivity index (χ3v) is 4.79. The van der Waals surface area contributed by atoms with Crippen LogP contribution in [0.15, 0.2) is 6.07 Å². The van der Waals surface area contributed by atoms with Crippen LogP contribution in [-0.2, 0) is 4.79 Å². The van der Waals surface area contributed by atoms with Gasteiger partial charge in [0.05, 0.1) is 12.2 Å². The van der Waals surface area contributed by atoms with Crippen LogP contribution < -0.4 is 10.2 Å². The van der Waals surface area contributed by atoms with E-state index in [4.69, 9.17) is 0 Å². The molecule has 6 nitrogen and oxygen atoms in total. The Hall–Kier alpha value is -1.69. The molecule has 0 bridgehead atoms. The molecule has 0 aromatic carbocycles. The monoisotopic (exact) mass is 317 g/mol. The third kappa shape index (κ3) is 3.80. The number of amides is 1. The van der Waals surface area contributed by atoms with Crippen molar-refractivity contribution in [3.63, 3.8) is 0 Å². The molecule has 6 heteroatoms. The Bertz CT molecular complexity index is 556. The number of piperidine rings is 1. The number of aryl methyl sites for hydroxylation is 1. The Balaban J connectivity index is 1.76. The second-order valence-electron chi connectivity index (χ2n) is 6.60. The van der Waals surface area contributed by atoms with Crippen molar-refractivity contribution in [3.8, 4) is 0 Å². The van der Waals surface area contributed by atoms with Crippen LogP contribution in [0.1, 0.15) is 43.1 Å². The molecule has 0 spiro atoms. The quantitative estimate of drug-likeness (QED) is 0.907. The van der Waals surface area contributed by atoms with Gasteiger partial charge >= 0.3 is 0 Å². The number of likely N-dealkylation sites (N-methyl/N-ethyl adjacent to an activating group) is 1. The topological polar surface area (TPSA) is 61.4 Å². The predicted octanol–water partition coefficient (Wildman–Crippen LogP) is 1.31. The Morgan fingerprint density at radius 3 is 2.78 bits per heavy atom. The second-order valence-corrected chi connectivity index (χ2v) is 6.60. The number of carbonyl (C=O) groups excluding carboxylic acids is 1. The van der Waals surface area contributed by atoms with Crippen molar-refractivity contribution in [2.45, 2.75) is 38.5 Å². The number of hydrogen-bond acceptors (Lipinski definition) is 5. The fraction of sp³-hybridized carbons (Fsp3) is 0.706. The molecule has 1 atom stereocenters. The van der Waals surface area contributed by atoms with Crippen LogP contribution in [0, 0.1) is 6.92 Å². The normalized spacial score (nSPS) is 21.7. The zero-order valence-corrected chi connectivity index (χ0v) is 14.2. The van der Waals surface area contributed by atoms with E-state index in [1.54, 1.807) is 0 Å². The lowest BCUT2D eigenvalue weighted by molar-refractivity contribution is -0.131. The molecule has 1 N–H and O–H groups in total. The Labute approximate surface area is 138 Å². The van der Waals surface area contributed by atoms with Crippen LogP contribution in [0.3, 0.4) is 0 Å². The zero-order chi connectivity index (χ0) is 16.2. The van der Waals surface area contributed by atoms with Gasteiger partial charge in [0.1, 0.15) is 11.6 Å². The first kappa shape index (κ1) is 16.2. The van der Waals surface area contributed by atoms with Crippen molar-refractivity contribution in [3.05, 3.63) is 17.6 Å². The molecule has 3 rings (SSSR count). The van der Waals surface area contributed by atoms with E-state index in [1.165, 1.54) is 12.8 Å². The van der Waals surface area contributed by atoms with Gasteiger partial charge in [0.25, 0.3) is 0 Å². The summed E-state index contributed by atoms with van der Waals surface area (Å²) in [7, 11) is 1.81. The molecule has 0 unspecified atom stereocenters. The van der Waals surface area contributed by atoms with Crippen molar-refractivity contribution >= 4 is 11.7 Å². The van der Waals surface area contributed by atoms with Gasteiger partial charge in [0.15, 0.2) is 0 Å². The van der Waals surface area contributed by atoms with E-state index >= 15 is 0 Å². The number of anilines is 1. The lowest BCUT2D eigenvalue weighted by Crippen LogP contribution is -2.43. The van der Waals surface area contributed by atoms with Gasteiger partial charge in [0.2, 0.25) is 5.91 Å². The Morgan fingerprint density at radius 2 is 2.04 bits per heavy atom. The third-order valence-electron chi connectivity index (χ3n) is 4.79. The first-order valence-corrected chi connectivity index (χ1v) is 8.70. The maximum absolute atomic E-state index is 12.1. The summed E-state index contributed by atoms with van der Waals surface area (Å²) in [6.07, 6.45) is 4.63. The van der Waals surface area contributed by atoms with Gasteiger partial charge in [0, 0.05) is 38.2 Å². The number of nitrogens with one attached hydrogen (secondary N) is 1. The summed E-state index contributed by atoms with van der Waals surface area (Å²) < 4.78 is 0. The Kier molecular flexibility index (Phi) is 5.10. The van der Waals surface area contributed by atoms with Crippen LogP contribution in [0.2, 0.25) is 0 Å². The molecular formula is C17H27N5O. The highest BCUT2D eigenvalue weighted by Crippen LogP contribution is 2.28. The summed E-state index contributed by atoms with van der Waals surface area (Å²) in [5, 5.41) is 2.95. The highest BCUT2D eigenvalue weighted by Gasteiger charge is 2.26.